The molecule has 2 fully saturated rings. The number of ether oxygens (including phenoxy) is 1. The summed E-state index contributed by atoms with van der Waals surface area (Å²) in [6.07, 6.45) is 3.25. The fraction of sp³-hybridized carbons (Fsp3) is 0.692. The first-order chi connectivity index (χ1) is 9.57. The Morgan fingerprint density at radius 2 is 2.15 bits per heavy atom. The van der Waals surface area contributed by atoms with Gasteiger partial charge >= 0.3 is 0 Å². The van der Waals surface area contributed by atoms with Gasteiger partial charge in [-0.05, 0) is 26.2 Å². The molecule has 1 amide bonds. The van der Waals surface area contributed by atoms with Crippen molar-refractivity contribution in [1.82, 2.24) is 10.3 Å². The Morgan fingerprint density at radius 1 is 1.45 bits per heavy atom. The number of carbonyl (C=O) groups excluding carboxylic acids is 1. The molecule has 0 radical (unpaired) electrons. The topological polar surface area (TPSA) is 80.5 Å². The van der Waals surface area contributed by atoms with Gasteiger partial charge in [0.1, 0.15) is 10.7 Å². The van der Waals surface area contributed by atoms with Crippen molar-refractivity contribution in [3.8, 4) is 0 Å². The Bertz CT molecular complexity index is 506. The average molecular weight is 296 g/mol. The number of hydrogen-bond acceptors (Lipinski definition) is 6. The van der Waals surface area contributed by atoms with Crippen molar-refractivity contribution in [3.05, 3.63) is 4.88 Å². The van der Waals surface area contributed by atoms with Crippen molar-refractivity contribution in [2.45, 2.75) is 31.7 Å². The van der Waals surface area contributed by atoms with Crippen LogP contribution in [0.3, 0.4) is 0 Å². The van der Waals surface area contributed by atoms with Crippen LogP contribution in [0.1, 0.15) is 35.9 Å². The predicted octanol–water partition coefficient (Wildman–Crippen LogP) is 1.23. The summed E-state index contributed by atoms with van der Waals surface area (Å²) in [5.74, 6) is 0.235. The summed E-state index contributed by atoms with van der Waals surface area (Å²) < 4.78 is 5.32. The molecule has 6 nitrogen and oxygen atoms in total. The monoisotopic (exact) mass is 296 g/mol. The van der Waals surface area contributed by atoms with E-state index in [-0.39, 0.29) is 11.4 Å². The maximum atomic E-state index is 12.3. The van der Waals surface area contributed by atoms with E-state index in [1.165, 1.54) is 17.8 Å². The minimum atomic E-state index is -0.0956. The number of nitrogen functional groups attached to an aromatic ring is 1. The van der Waals surface area contributed by atoms with E-state index in [1.54, 1.807) is 0 Å². The summed E-state index contributed by atoms with van der Waals surface area (Å²) in [7, 11) is 0. The lowest BCUT2D eigenvalue weighted by Crippen LogP contribution is -2.50. The molecule has 1 aromatic heterocycles. The predicted molar refractivity (Wildman–Crippen MR) is 79.3 cm³/mol. The third-order valence-corrected chi connectivity index (χ3v) is 5.13. The number of nitrogens with zero attached hydrogens (tertiary/aromatic N) is 2. The molecule has 2 aliphatic rings. The zero-order valence-electron chi connectivity index (χ0n) is 11.6. The van der Waals surface area contributed by atoms with Gasteiger partial charge in [-0.2, -0.15) is 0 Å². The van der Waals surface area contributed by atoms with Crippen LogP contribution in [0.2, 0.25) is 0 Å². The molecule has 110 valence electrons. The summed E-state index contributed by atoms with van der Waals surface area (Å²) in [4.78, 5) is 19.3. The van der Waals surface area contributed by atoms with Gasteiger partial charge in [-0.25, -0.2) is 4.98 Å². The molecule has 1 aliphatic heterocycles. The number of amides is 1. The maximum Gasteiger partial charge on any atom is 0.265 e. The van der Waals surface area contributed by atoms with Crippen molar-refractivity contribution >= 4 is 28.2 Å². The molecule has 1 saturated carbocycles. The molecule has 0 spiro atoms. The molecule has 3 N–H and O–H groups in total. The van der Waals surface area contributed by atoms with E-state index in [1.807, 2.05) is 0 Å². The molecule has 0 atom stereocenters. The van der Waals surface area contributed by atoms with Gasteiger partial charge in [0.2, 0.25) is 0 Å². The number of carbonyl (C=O) groups is 1. The number of nitrogens with one attached hydrogen (secondary N) is 1. The second kappa shape index (κ2) is 5.21. The second-order valence-corrected chi connectivity index (χ2v) is 6.66. The van der Waals surface area contributed by atoms with Crippen LogP contribution in [-0.2, 0) is 4.74 Å². The van der Waals surface area contributed by atoms with Gasteiger partial charge in [-0.1, -0.05) is 11.3 Å². The van der Waals surface area contributed by atoms with E-state index in [4.69, 9.17) is 10.5 Å². The van der Waals surface area contributed by atoms with Gasteiger partial charge in [-0.15, -0.1) is 0 Å². The van der Waals surface area contributed by atoms with E-state index >= 15 is 0 Å². The fourth-order valence-corrected chi connectivity index (χ4v) is 3.47. The standard InChI is InChI=1S/C13H20N4O2S/c1-13(3-2-4-13)16-11(18)9-10(14)15-12(20-9)17-5-7-19-8-6-17/h2-8,14H2,1H3,(H,16,18). The van der Waals surface area contributed by atoms with Crippen LogP contribution in [-0.4, -0.2) is 42.7 Å². The van der Waals surface area contributed by atoms with Gasteiger partial charge in [0.05, 0.1) is 13.2 Å². The van der Waals surface area contributed by atoms with Crippen molar-refractivity contribution in [2.24, 2.45) is 0 Å². The second-order valence-electron chi connectivity index (χ2n) is 5.68. The Balaban J connectivity index is 1.72. The maximum absolute atomic E-state index is 12.3. The summed E-state index contributed by atoms with van der Waals surface area (Å²) in [6, 6.07) is 0. The number of rotatable bonds is 3. The van der Waals surface area contributed by atoms with E-state index in [2.05, 4.69) is 22.1 Å². The van der Waals surface area contributed by atoms with Crippen molar-refractivity contribution < 1.29 is 9.53 Å². The van der Waals surface area contributed by atoms with Crippen LogP contribution < -0.4 is 16.0 Å². The summed E-state index contributed by atoms with van der Waals surface area (Å²) >= 11 is 1.37. The molecule has 3 rings (SSSR count). The fourth-order valence-electron chi connectivity index (χ4n) is 2.54. The molecular formula is C13H20N4O2S. The zero-order valence-corrected chi connectivity index (χ0v) is 12.5. The highest BCUT2D eigenvalue weighted by Gasteiger charge is 2.34. The Morgan fingerprint density at radius 3 is 2.75 bits per heavy atom. The minimum Gasteiger partial charge on any atom is -0.382 e. The lowest BCUT2D eigenvalue weighted by molar-refractivity contribution is 0.0855. The molecule has 0 unspecified atom stereocenters. The normalized spacial score (nSPS) is 21.4. The highest BCUT2D eigenvalue weighted by molar-refractivity contribution is 7.18. The minimum absolute atomic E-state index is 0.0629. The van der Waals surface area contributed by atoms with Crippen molar-refractivity contribution in [2.75, 3.05) is 36.9 Å². The van der Waals surface area contributed by atoms with Crippen LogP contribution in [0.25, 0.3) is 0 Å². The van der Waals surface area contributed by atoms with Crippen LogP contribution >= 0.6 is 11.3 Å². The molecule has 0 aromatic carbocycles. The molecule has 1 aromatic rings. The first kappa shape index (κ1) is 13.6. The summed E-state index contributed by atoms with van der Waals surface area (Å²) in [6.45, 7) is 5.06. The summed E-state index contributed by atoms with van der Waals surface area (Å²) in [5.41, 5.74) is 5.84. The lowest BCUT2D eigenvalue weighted by atomic mass is 9.78. The SMILES string of the molecule is CC1(NC(=O)c2sc(N3CCOCC3)nc2N)CCC1. The third kappa shape index (κ3) is 2.60. The zero-order chi connectivity index (χ0) is 14.2. The molecule has 20 heavy (non-hydrogen) atoms. The number of thiazole rings is 1. The first-order valence-corrected chi connectivity index (χ1v) is 7.81. The number of hydrogen-bond donors (Lipinski definition) is 2. The largest absolute Gasteiger partial charge is 0.382 e. The van der Waals surface area contributed by atoms with Crippen LogP contribution in [0.5, 0.6) is 0 Å². The molecule has 1 saturated heterocycles. The average Bonchev–Trinajstić information content (AvgIpc) is 2.80. The van der Waals surface area contributed by atoms with Crippen molar-refractivity contribution in [1.29, 1.82) is 0 Å². The smallest absolute Gasteiger partial charge is 0.265 e. The van der Waals surface area contributed by atoms with Gasteiger partial charge in [-0.3, -0.25) is 4.79 Å². The molecule has 2 heterocycles. The molecular weight excluding hydrogens is 276 g/mol. The number of anilines is 2. The Hall–Kier alpha value is -1.34. The number of nitrogens with two attached hydrogens (primary N) is 1. The van der Waals surface area contributed by atoms with Crippen molar-refractivity contribution in [3.63, 3.8) is 0 Å². The Kier molecular flexibility index (Phi) is 3.55. The quantitative estimate of drug-likeness (QED) is 0.877. The summed E-state index contributed by atoms with van der Waals surface area (Å²) in [5, 5.41) is 3.89. The molecule has 1 aliphatic carbocycles. The van der Waals surface area contributed by atoms with E-state index < -0.39 is 0 Å². The molecule has 7 heteroatoms. The van der Waals surface area contributed by atoms with Gasteiger partial charge in [0.15, 0.2) is 5.13 Å². The number of morpholine rings is 1. The lowest BCUT2D eigenvalue weighted by Gasteiger charge is -2.38. The molecule has 0 bridgehead atoms. The van der Waals surface area contributed by atoms with Crippen LogP contribution in [0.4, 0.5) is 10.9 Å². The van der Waals surface area contributed by atoms with Gasteiger partial charge < -0.3 is 20.7 Å². The van der Waals surface area contributed by atoms with E-state index in [0.29, 0.717) is 23.9 Å². The Labute approximate surface area is 122 Å². The highest BCUT2D eigenvalue weighted by Crippen LogP contribution is 2.33. The number of aromatic nitrogens is 1. The van der Waals surface area contributed by atoms with Crippen LogP contribution in [0, 0.1) is 0 Å². The van der Waals surface area contributed by atoms with Gasteiger partial charge in [0, 0.05) is 18.6 Å². The van der Waals surface area contributed by atoms with Crippen LogP contribution in [0.15, 0.2) is 0 Å². The first-order valence-electron chi connectivity index (χ1n) is 6.99. The van der Waals surface area contributed by atoms with Gasteiger partial charge in [0.25, 0.3) is 5.91 Å². The third-order valence-electron chi connectivity index (χ3n) is 4.00. The highest BCUT2D eigenvalue weighted by atomic mass is 32.1. The van der Waals surface area contributed by atoms with E-state index in [0.717, 1.165) is 31.1 Å². The van der Waals surface area contributed by atoms with E-state index in [9.17, 15) is 4.79 Å².